The molecule has 2 heterocycles. The average molecular weight is 333 g/mol. The predicted molar refractivity (Wildman–Crippen MR) is 78.8 cm³/mol. The third kappa shape index (κ3) is 2.48. The minimum atomic E-state index is -0.310. The van der Waals surface area contributed by atoms with E-state index in [2.05, 4.69) is 36.2 Å². The van der Waals surface area contributed by atoms with Crippen LogP contribution in [0.15, 0.2) is 45.8 Å². The molecular formula is C13H9BrN4O2. The highest BCUT2D eigenvalue weighted by Gasteiger charge is 2.08. The number of imidazole rings is 1. The summed E-state index contributed by atoms with van der Waals surface area (Å²) in [5.41, 5.74) is 1.95. The second-order valence-corrected chi connectivity index (χ2v) is 5.07. The zero-order valence-electron chi connectivity index (χ0n) is 10.1. The van der Waals surface area contributed by atoms with Gasteiger partial charge in [-0.25, -0.2) is 9.78 Å². The predicted octanol–water partition coefficient (Wildman–Crippen LogP) is 2.27. The Balaban J connectivity index is 1.86. The van der Waals surface area contributed by atoms with Crippen LogP contribution in [-0.4, -0.2) is 20.9 Å². The minimum Gasteiger partial charge on any atom is -0.321 e. The lowest BCUT2D eigenvalue weighted by Crippen LogP contribution is -2.13. The van der Waals surface area contributed by atoms with Crippen LogP contribution in [0.2, 0.25) is 0 Å². The maximum atomic E-state index is 12.0. The Hall–Kier alpha value is -2.41. The van der Waals surface area contributed by atoms with Gasteiger partial charge in [0.25, 0.3) is 5.91 Å². The summed E-state index contributed by atoms with van der Waals surface area (Å²) in [6.45, 7) is 0. The second-order valence-electron chi connectivity index (χ2n) is 4.16. The van der Waals surface area contributed by atoms with E-state index < -0.39 is 0 Å². The van der Waals surface area contributed by atoms with E-state index in [9.17, 15) is 9.59 Å². The first-order chi connectivity index (χ1) is 9.61. The number of hydrogen-bond acceptors (Lipinski definition) is 3. The van der Waals surface area contributed by atoms with Crippen LogP contribution in [0.5, 0.6) is 0 Å². The smallest absolute Gasteiger partial charge is 0.321 e. The average Bonchev–Trinajstić information content (AvgIpc) is 2.78. The van der Waals surface area contributed by atoms with Crippen LogP contribution in [0.3, 0.4) is 0 Å². The Labute approximate surface area is 121 Å². The quantitative estimate of drug-likeness (QED) is 0.672. The van der Waals surface area contributed by atoms with E-state index in [0.29, 0.717) is 22.4 Å². The van der Waals surface area contributed by atoms with E-state index in [4.69, 9.17) is 0 Å². The summed E-state index contributed by atoms with van der Waals surface area (Å²) in [5.74, 6) is -0.310. The number of carbonyl (C=O) groups excluding carboxylic acids is 1. The number of aromatic amines is 2. The lowest BCUT2D eigenvalue weighted by atomic mass is 10.2. The van der Waals surface area contributed by atoms with Crippen molar-refractivity contribution in [1.29, 1.82) is 0 Å². The Kier molecular flexibility index (Phi) is 3.11. The zero-order chi connectivity index (χ0) is 14.1. The highest BCUT2D eigenvalue weighted by Crippen LogP contribution is 2.15. The van der Waals surface area contributed by atoms with Gasteiger partial charge in [0, 0.05) is 16.4 Å². The molecule has 0 saturated carbocycles. The number of carbonyl (C=O) groups is 1. The number of benzene rings is 1. The van der Waals surface area contributed by atoms with Crippen molar-refractivity contribution in [1.82, 2.24) is 15.0 Å². The molecule has 2 aromatic heterocycles. The van der Waals surface area contributed by atoms with Crippen molar-refractivity contribution in [3.8, 4) is 0 Å². The fourth-order valence-corrected chi connectivity index (χ4v) is 2.05. The molecule has 0 bridgehead atoms. The van der Waals surface area contributed by atoms with Crippen LogP contribution in [0.25, 0.3) is 11.0 Å². The molecule has 100 valence electrons. The van der Waals surface area contributed by atoms with E-state index in [-0.39, 0.29) is 11.6 Å². The Morgan fingerprint density at radius 3 is 2.70 bits per heavy atom. The number of nitrogens with zero attached hydrogens (tertiary/aromatic N) is 1. The highest BCUT2D eigenvalue weighted by atomic mass is 79.9. The first-order valence-electron chi connectivity index (χ1n) is 5.77. The van der Waals surface area contributed by atoms with Crippen molar-refractivity contribution in [2.24, 2.45) is 0 Å². The van der Waals surface area contributed by atoms with Crippen LogP contribution < -0.4 is 11.0 Å². The maximum Gasteiger partial charge on any atom is 0.323 e. The van der Waals surface area contributed by atoms with Crippen LogP contribution in [0, 0.1) is 0 Å². The summed E-state index contributed by atoms with van der Waals surface area (Å²) in [7, 11) is 0. The molecule has 7 heteroatoms. The number of halogens is 1. The molecule has 3 N–H and O–H groups in total. The third-order valence-corrected chi connectivity index (χ3v) is 3.20. The summed E-state index contributed by atoms with van der Waals surface area (Å²) in [6, 6.07) is 8.48. The first kappa shape index (κ1) is 12.6. The fourth-order valence-electron chi connectivity index (χ4n) is 1.82. The number of anilines is 1. The van der Waals surface area contributed by atoms with Crippen LogP contribution in [0.4, 0.5) is 5.69 Å². The van der Waals surface area contributed by atoms with Crippen molar-refractivity contribution in [3.63, 3.8) is 0 Å². The Morgan fingerprint density at radius 2 is 1.95 bits per heavy atom. The molecular weight excluding hydrogens is 324 g/mol. The minimum absolute atomic E-state index is 0.280. The molecule has 0 unspecified atom stereocenters. The van der Waals surface area contributed by atoms with Gasteiger partial charge in [0.2, 0.25) is 0 Å². The molecule has 0 aliphatic heterocycles. The number of pyridine rings is 1. The SMILES string of the molecule is O=C(Nc1ccc2[nH]c(=O)[nH]c2c1)c1ccc(Br)cn1. The van der Waals surface area contributed by atoms with Gasteiger partial charge in [0.1, 0.15) is 5.69 Å². The third-order valence-electron chi connectivity index (χ3n) is 2.73. The van der Waals surface area contributed by atoms with Crippen molar-refractivity contribution in [2.45, 2.75) is 0 Å². The summed E-state index contributed by atoms with van der Waals surface area (Å²) >= 11 is 3.26. The number of nitrogens with one attached hydrogen (secondary N) is 3. The number of rotatable bonds is 2. The molecule has 0 fully saturated rings. The van der Waals surface area contributed by atoms with Crippen molar-refractivity contribution < 1.29 is 4.79 Å². The Morgan fingerprint density at radius 1 is 1.15 bits per heavy atom. The summed E-state index contributed by atoms with van der Waals surface area (Å²) in [6.07, 6.45) is 1.56. The summed E-state index contributed by atoms with van der Waals surface area (Å²) in [4.78, 5) is 32.4. The summed E-state index contributed by atoms with van der Waals surface area (Å²) < 4.78 is 0.806. The lowest BCUT2D eigenvalue weighted by molar-refractivity contribution is 0.102. The van der Waals surface area contributed by atoms with Crippen molar-refractivity contribution in [2.75, 3.05) is 5.32 Å². The van der Waals surface area contributed by atoms with Crippen molar-refractivity contribution >= 4 is 38.6 Å². The first-order valence-corrected chi connectivity index (χ1v) is 6.56. The molecule has 1 amide bonds. The van der Waals surface area contributed by atoms with Crippen LogP contribution in [-0.2, 0) is 0 Å². The molecule has 0 atom stereocenters. The molecule has 0 aliphatic carbocycles. The van der Waals surface area contributed by atoms with E-state index in [1.54, 1.807) is 36.5 Å². The fraction of sp³-hybridized carbons (Fsp3) is 0. The van der Waals surface area contributed by atoms with Gasteiger partial charge in [0.15, 0.2) is 0 Å². The van der Waals surface area contributed by atoms with Gasteiger partial charge in [-0.15, -0.1) is 0 Å². The number of fused-ring (bicyclic) bond motifs is 1. The molecule has 0 aliphatic rings. The monoisotopic (exact) mass is 332 g/mol. The van der Waals surface area contributed by atoms with Gasteiger partial charge in [-0.1, -0.05) is 0 Å². The molecule has 6 nitrogen and oxygen atoms in total. The van der Waals surface area contributed by atoms with E-state index in [1.807, 2.05) is 0 Å². The van der Waals surface area contributed by atoms with Crippen molar-refractivity contribution in [3.05, 3.63) is 57.2 Å². The van der Waals surface area contributed by atoms with Gasteiger partial charge in [-0.2, -0.15) is 0 Å². The van der Waals surface area contributed by atoms with E-state index in [0.717, 1.165) is 4.47 Å². The topological polar surface area (TPSA) is 90.6 Å². The van der Waals surface area contributed by atoms with Gasteiger partial charge in [-0.3, -0.25) is 4.79 Å². The standard InChI is InChI=1S/C13H9BrN4O2/c14-7-1-3-10(15-6-7)12(19)16-8-2-4-9-11(5-8)18-13(20)17-9/h1-6H,(H,16,19)(H2,17,18,20). The molecule has 1 aromatic carbocycles. The van der Waals surface area contributed by atoms with Gasteiger partial charge in [0.05, 0.1) is 11.0 Å². The number of aromatic nitrogens is 3. The zero-order valence-corrected chi connectivity index (χ0v) is 11.7. The molecule has 0 saturated heterocycles. The normalized spacial score (nSPS) is 10.7. The molecule has 3 aromatic rings. The second kappa shape index (κ2) is 4.93. The van der Waals surface area contributed by atoms with Gasteiger partial charge < -0.3 is 15.3 Å². The summed E-state index contributed by atoms with van der Waals surface area (Å²) in [5, 5.41) is 2.73. The van der Waals surface area contributed by atoms with Crippen LogP contribution >= 0.6 is 15.9 Å². The molecule has 20 heavy (non-hydrogen) atoms. The number of H-pyrrole nitrogens is 2. The van der Waals surface area contributed by atoms with E-state index >= 15 is 0 Å². The Bertz CT molecular complexity index is 835. The number of amides is 1. The molecule has 0 radical (unpaired) electrons. The lowest BCUT2D eigenvalue weighted by Gasteiger charge is -2.04. The van der Waals surface area contributed by atoms with Crippen LogP contribution in [0.1, 0.15) is 10.5 Å². The van der Waals surface area contributed by atoms with Gasteiger partial charge >= 0.3 is 5.69 Å². The largest absolute Gasteiger partial charge is 0.323 e. The maximum absolute atomic E-state index is 12.0. The van der Waals surface area contributed by atoms with Gasteiger partial charge in [-0.05, 0) is 46.3 Å². The molecule has 0 spiro atoms. The molecule has 3 rings (SSSR count). The number of hydrogen-bond donors (Lipinski definition) is 3. The van der Waals surface area contributed by atoms with E-state index in [1.165, 1.54) is 0 Å². The highest BCUT2D eigenvalue weighted by molar-refractivity contribution is 9.10.